The number of rotatable bonds is 4. The summed E-state index contributed by atoms with van der Waals surface area (Å²) < 4.78 is 10.4. The number of carbonyl (C=O) groups excluding carboxylic acids is 1. The van der Waals surface area contributed by atoms with Crippen LogP contribution in [0.4, 0.5) is 0 Å². The number of amides is 1. The van der Waals surface area contributed by atoms with Crippen molar-refractivity contribution >= 4 is 17.5 Å². The van der Waals surface area contributed by atoms with Crippen molar-refractivity contribution in [1.82, 2.24) is 5.32 Å². The number of hydrogen-bond acceptors (Lipinski definition) is 3. The highest BCUT2D eigenvalue weighted by Crippen LogP contribution is 2.32. The first-order chi connectivity index (χ1) is 7.81. The first-order valence-electron chi connectivity index (χ1n) is 5.05. The van der Waals surface area contributed by atoms with Gasteiger partial charge in [0, 0.05) is 18.0 Å². The highest BCUT2D eigenvalue weighted by molar-refractivity contribution is 6.17. The van der Waals surface area contributed by atoms with Gasteiger partial charge in [-0.25, -0.2) is 0 Å². The third-order valence-corrected chi connectivity index (χ3v) is 2.50. The minimum Gasteiger partial charge on any atom is -0.454 e. The number of nitrogens with one attached hydrogen (secondary N) is 1. The van der Waals surface area contributed by atoms with Gasteiger partial charge in [-0.3, -0.25) is 4.79 Å². The van der Waals surface area contributed by atoms with Crippen molar-refractivity contribution in [2.24, 2.45) is 0 Å². The van der Waals surface area contributed by atoms with Crippen LogP contribution in [0.25, 0.3) is 0 Å². The monoisotopic (exact) mass is 241 g/mol. The normalized spacial score (nSPS) is 12.6. The fraction of sp³-hybridized carbons (Fsp3) is 0.364. The molecule has 0 atom stereocenters. The number of fused-ring (bicyclic) bond motifs is 1. The van der Waals surface area contributed by atoms with Gasteiger partial charge in [0.2, 0.25) is 6.79 Å². The molecule has 0 saturated heterocycles. The van der Waals surface area contributed by atoms with Crippen LogP contribution >= 0.6 is 11.6 Å². The number of carbonyl (C=O) groups is 1. The summed E-state index contributed by atoms with van der Waals surface area (Å²) in [4.78, 5) is 11.7. The van der Waals surface area contributed by atoms with Crippen LogP contribution in [0.3, 0.4) is 0 Å². The quantitative estimate of drug-likeness (QED) is 0.646. The molecular formula is C11H12ClNO3. The second kappa shape index (κ2) is 5.07. The topological polar surface area (TPSA) is 47.6 Å². The molecule has 0 spiro atoms. The van der Waals surface area contributed by atoms with Gasteiger partial charge in [-0.15, -0.1) is 11.6 Å². The average molecular weight is 242 g/mol. The van der Waals surface area contributed by atoms with Crippen LogP contribution in [-0.2, 0) is 0 Å². The van der Waals surface area contributed by atoms with E-state index >= 15 is 0 Å². The van der Waals surface area contributed by atoms with E-state index in [-0.39, 0.29) is 12.7 Å². The zero-order valence-corrected chi connectivity index (χ0v) is 9.42. The van der Waals surface area contributed by atoms with Gasteiger partial charge in [0.1, 0.15) is 0 Å². The zero-order valence-electron chi connectivity index (χ0n) is 8.66. The van der Waals surface area contributed by atoms with Gasteiger partial charge in [-0.05, 0) is 24.6 Å². The van der Waals surface area contributed by atoms with E-state index in [1.807, 2.05) is 0 Å². The van der Waals surface area contributed by atoms with Crippen molar-refractivity contribution in [3.8, 4) is 11.5 Å². The first-order valence-corrected chi connectivity index (χ1v) is 5.58. The van der Waals surface area contributed by atoms with E-state index in [9.17, 15) is 4.79 Å². The molecule has 0 unspecified atom stereocenters. The van der Waals surface area contributed by atoms with E-state index < -0.39 is 0 Å². The van der Waals surface area contributed by atoms with Crippen LogP contribution < -0.4 is 14.8 Å². The molecule has 0 aromatic heterocycles. The maximum absolute atomic E-state index is 11.7. The Labute approximate surface area is 98.5 Å². The van der Waals surface area contributed by atoms with Gasteiger partial charge in [0.25, 0.3) is 5.91 Å². The number of ether oxygens (including phenoxy) is 2. The lowest BCUT2D eigenvalue weighted by molar-refractivity contribution is 0.0953. The van der Waals surface area contributed by atoms with Crippen LogP contribution in [0.15, 0.2) is 18.2 Å². The molecule has 1 aliphatic rings. The third kappa shape index (κ3) is 2.39. The van der Waals surface area contributed by atoms with Crippen molar-refractivity contribution in [2.75, 3.05) is 19.2 Å². The number of alkyl halides is 1. The predicted molar refractivity (Wildman–Crippen MR) is 60.2 cm³/mol. The predicted octanol–water partition coefficient (Wildman–Crippen LogP) is 1.77. The van der Waals surface area contributed by atoms with Gasteiger partial charge in [0.15, 0.2) is 11.5 Å². The van der Waals surface area contributed by atoms with Crippen LogP contribution in [0.5, 0.6) is 11.5 Å². The summed E-state index contributed by atoms with van der Waals surface area (Å²) in [6, 6.07) is 5.13. The van der Waals surface area contributed by atoms with Crippen LogP contribution in [-0.4, -0.2) is 25.1 Å². The summed E-state index contributed by atoms with van der Waals surface area (Å²) in [5.41, 5.74) is 0.568. The summed E-state index contributed by atoms with van der Waals surface area (Å²) in [5.74, 6) is 1.72. The molecule has 2 rings (SSSR count). The molecule has 4 nitrogen and oxygen atoms in total. The fourth-order valence-electron chi connectivity index (χ4n) is 1.41. The molecule has 16 heavy (non-hydrogen) atoms. The van der Waals surface area contributed by atoms with Gasteiger partial charge >= 0.3 is 0 Å². The Balaban J connectivity index is 2.01. The molecule has 0 aliphatic carbocycles. The lowest BCUT2D eigenvalue weighted by Crippen LogP contribution is -2.24. The Morgan fingerprint density at radius 2 is 2.19 bits per heavy atom. The zero-order chi connectivity index (χ0) is 11.4. The Morgan fingerprint density at radius 1 is 1.38 bits per heavy atom. The smallest absolute Gasteiger partial charge is 0.251 e. The van der Waals surface area contributed by atoms with E-state index in [0.29, 0.717) is 29.5 Å². The lowest BCUT2D eigenvalue weighted by Gasteiger charge is -2.04. The molecule has 0 bridgehead atoms. The van der Waals surface area contributed by atoms with Crippen molar-refractivity contribution < 1.29 is 14.3 Å². The van der Waals surface area contributed by atoms with Crippen LogP contribution in [0, 0.1) is 0 Å². The van der Waals surface area contributed by atoms with Crippen molar-refractivity contribution in [2.45, 2.75) is 6.42 Å². The largest absolute Gasteiger partial charge is 0.454 e. The van der Waals surface area contributed by atoms with E-state index in [2.05, 4.69) is 5.32 Å². The lowest BCUT2D eigenvalue weighted by atomic mass is 10.2. The SMILES string of the molecule is O=C(NCCCCl)c1ccc2c(c1)OCO2. The van der Waals surface area contributed by atoms with Crippen molar-refractivity contribution in [3.63, 3.8) is 0 Å². The fourth-order valence-corrected chi connectivity index (χ4v) is 1.54. The Morgan fingerprint density at radius 3 is 3.00 bits per heavy atom. The first kappa shape index (κ1) is 11.1. The van der Waals surface area contributed by atoms with Gasteiger partial charge in [-0.2, -0.15) is 0 Å². The number of benzene rings is 1. The molecule has 1 aliphatic heterocycles. The third-order valence-electron chi connectivity index (χ3n) is 2.23. The average Bonchev–Trinajstić information content (AvgIpc) is 2.76. The molecular weight excluding hydrogens is 230 g/mol. The van der Waals surface area contributed by atoms with E-state index in [1.54, 1.807) is 18.2 Å². The molecule has 1 amide bonds. The molecule has 0 radical (unpaired) electrons. The Kier molecular flexibility index (Phi) is 3.51. The number of halogens is 1. The Hall–Kier alpha value is -1.42. The highest BCUT2D eigenvalue weighted by Gasteiger charge is 2.15. The molecule has 0 fully saturated rings. The summed E-state index contributed by atoms with van der Waals surface area (Å²) >= 11 is 5.52. The minimum atomic E-state index is -0.122. The van der Waals surface area contributed by atoms with Crippen LogP contribution in [0.1, 0.15) is 16.8 Å². The summed E-state index contributed by atoms with van der Waals surface area (Å²) in [6.45, 7) is 0.795. The summed E-state index contributed by atoms with van der Waals surface area (Å²) in [5, 5.41) is 2.77. The summed E-state index contributed by atoms with van der Waals surface area (Å²) in [7, 11) is 0. The minimum absolute atomic E-state index is 0.122. The van der Waals surface area contributed by atoms with Crippen molar-refractivity contribution in [3.05, 3.63) is 23.8 Å². The molecule has 1 aromatic carbocycles. The second-order valence-corrected chi connectivity index (χ2v) is 3.74. The summed E-state index contributed by atoms with van der Waals surface area (Å²) in [6.07, 6.45) is 0.762. The standard InChI is InChI=1S/C11H12ClNO3/c12-4-1-5-13-11(14)8-2-3-9-10(6-8)16-7-15-9/h2-3,6H,1,4-5,7H2,(H,13,14). The van der Waals surface area contributed by atoms with Gasteiger partial charge in [0.05, 0.1) is 0 Å². The van der Waals surface area contributed by atoms with Crippen LogP contribution in [0.2, 0.25) is 0 Å². The number of hydrogen-bond donors (Lipinski definition) is 1. The van der Waals surface area contributed by atoms with E-state index in [0.717, 1.165) is 6.42 Å². The molecule has 1 aromatic rings. The highest BCUT2D eigenvalue weighted by atomic mass is 35.5. The van der Waals surface area contributed by atoms with E-state index in [4.69, 9.17) is 21.1 Å². The van der Waals surface area contributed by atoms with Gasteiger partial charge in [-0.1, -0.05) is 0 Å². The van der Waals surface area contributed by atoms with Gasteiger partial charge < -0.3 is 14.8 Å². The molecule has 1 N–H and O–H groups in total. The molecule has 0 saturated carbocycles. The van der Waals surface area contributed by atoms with Crippen molar-refractivity contribution in [1.29, 1.82) is 0 Å². The molecule has 5 heteroatoms. The Bertz CT molecular complexity index is 395. The molecule has 1 heterocycles. The van der Waals surface area contributed by atoms with E-state index in [1.165, 1.54) is 0 Å². The maximum Gasteiger partial charge on any atom is 0.251 e. The maximum atomic E-state index is 11.7. The molecule has 86 valence electrons. The second-order valence-electron chi connectivity index (χ2n) is 3.37.